The number of nitrogens with zero attached hydrogens (tertiary/aromatic N) is 1. The average Bonchev–Trinajstić information content (AvgIpc) is 2.62. The third kappa shape index (κ3) is 3.42. The highest BCUT2D eigenvalue weighted by Gasteiger charge is 2.30. The molecule has 0 N–H and O–H groups in total. The predicted octanol–water partition coefficient (Wildman–Crippen LogP) is 4.30. The second kappa shape index (κ2) is 7.04. The number of hydrogen-bond donors (Lipinski definition) is 0. The molecule has 0 spiro atoms. The van der Waals surface area contributed by atoms with Crippen LogP contribution in [0.5, 0.6) is 5.75 Å². The van der Waals surface area contributed by atoms with Gasteiger partial charge in [0, 0.05) is 13.0 Å². The van der Waals surface area contributed by atoms with E-state index in [2.05, 4.69) is 6.92 Å². The fourth-order valence-corrected chi connectivity index (χ4v) is 3.34. The predicted molar refractivity (Wildman–Crippen MR) is 91.5 cm³/mol. The molecule has 1 heterocycles. The molecule has 1 amide bonds. The molecule has 0 saturated carbocycles. The Morgan fingerprint density at radius 3 is 2.38 bits per heavy atom. The van der Waals surface area contributed by atoms with Gasteiger partial charge in [-0.2, -0.15) is 0 Å². The Kier molecular flexibility index (Phi) is 4.84. The summed E-state index contributed by atoms with van der Waals surface area (Å²) in [5, 5.41) is 0. The Morgan fingerprint density at radius 1 is 1.12 bits per heavy atom. The second-order valence-electron chi connectivity index (χ2n) is 6.28. The van der Waals surface area contributed by atoms with Gasteiger partial charge in [-0.3, -0.25) is 4.79 Å². The molecule has 1 aliphatic rings. The van der Waals surface area contributed by atoms with E-state index in [0.29, 0.717) is 13.0 Å². The third-order valence-corrected chi connectivity index (χ3v) is 4.87. The van der Waals surface area contributed by atoms with Crippen molar-refractivity contribution in [1.82, 2.24) is 4.90 Å². The first-order valence-electron chi connectivity index (χ1n) is 8.27. The Balaban J connectivity index is 1.68. The second-order valence-corrected chi connectivity index (χ2v) is 6.28. The minimum absolute atomic E-state index is 0.0394. The van der Waals surface area contributed by atoms with Crippen LogP contribution in [0.25, 0.3) is 0 Å². The maximum Gasteiger partial charge on any atom is 0.223 e. The number of carbonyl (C=O) groups excluding carboxylic acids is 1. The lowest BCUT2D eigenvalue weighted by Gasteiger charge is -2.36. The summed E-state index contributed by atoms with van der Waals surface area (Å²) in [5.41, 5.74) is 2.14. The van der Waals surface area contributed by atoms with Gasteiger partial charge in [0.1, 0.15) is 11.6 Å². The first-order chi connectivity index (χ1) is 11.6. The standard InChI is InChI=1S/C20H22FNO2/c1-14(15-5-9-19(24-2)10-6-15)22-12-11-17(13-20(22)23)16-3-7-18(21)8-4-16/h3-10,14,17H,11-13H2,1-2H3/t14-,17?/m0/s1. The van der Waals surface area contributed by atoms with Crippen molar-refractivity contribution in [2.24, 2.45) is 0 Å². The van der Waals surface area contributed by atoms with Crippen LogP contribution in [0.2, 0.25) is 0 Å². The normalized spacial score (nSPS) is 19.2. The molecule has 1 fully saturated rings. The highest BCUT2D eigenvalue weighted by Crippen LogP contribution is 2.33. The Morgan fingerprint density at radius 2 is 1.79 bits per heavy atom. The molecular formula is C20H22FNO2. The monoisotopic (exact) mass is 327 g/mol. The molecule has 2 atom stereocenters. The smallest absolute Gasteiger partial charge is 0.223 e. The number of likely N-dealkylation sites (tertiary alicyclic amines) is 1. The van der Waals surface area contributed by atoms with Crippen LogP contribution in [0, 0.1) is 5.82 Å². The van der Waals surface area contributed by atoms with Crippen LogP contribution in [0.1, 0.15) is 42.9 Å². The molecule has 4 heteroatoms. The van der Waals surface area contributed by atoms with Crippen molar-refractivity contribution < 1.29 is 13.9 Å². The maximum absolute atomic E-state index is 13.1. The fraction of sp³-hybridized carbons (Fsp3) is 0.350. The molecule has 0 aliphatic carbocycles. The van der Waals surface area contributed by atoms with Crippen LogP contribution in [0.4, 0.5) is 4.39 Å². The van der Waals surface area contributed by atoms with Gasteiger partial charge < -0.3 is 9.64 Å². The highest BCUT2D eigenvalue weighted by molar-refractivity contribution is 5.78. The topological polar surface area (TPSA) is 29.5 Å². The molecule has 0 bridgehead atoms. The molecule has 0 aromatic heterocycles. The lowest BCUT2D eigenvalue weighted by Crippen LogP contribution is -2.39. The fourth-order valence-electron chi connectivity index (χ4n) is 3.34. The van der Waals surface area contributed by atoms with Crippen LogP contribution >= 0.6 is 0 Å². The van der Waals surface area contributed by atoms with E-state index in [1.165, 1.54) is 12.1 Å². The van der Waals surface area contributed by atoms with Crippen molar-refractivity contribution >= 4 is 5.91 Å². The van der Waals surface area contributed by atoms with E-state index in [0.717, 1.165) is 23.3 Å². The first-order valence-corrected chi connectivity index (χ1v) is 8.27. The van der Waals surface area contributed by atoms with Gasteiger partial charge in [0.05, 0.1) is 13.2 Å². The van der Waals surface area contributed by atoms with Crippen molar-refractivity contribution in [3.05, 3.63) is 65.5 Å². The summed E-state index contributed by atoms with van der Waals surface area (Å²) in [4.78, 5) is 14.5. The first kappa shape index (κ1) is 16.5. The minimum atomic E-state index is -0.240. The number of hydrogen-bond acceptors (Lipinski definition) is 2. The Hall–Kier alpha value is -2.36. The van der Waals surface area contributed by atoms with Gasteiger partial charge in [0.25, 0.3) is 0 Å². The van der Waals surface area contributed by atoms with Crippen molar-refractivity contribution in [3.63, 3.8) is 0 Å². The zero-order valence-electron chi connectivity index (χ0n) is 14.0. The molecule has 3 nitrogen and oxygen atoms in total. The van der Waals surface area contributed by atoms with Crippen LogP contribution in [0.3, 0.4) is 0 Å². The highest BCUT2D eigenvalue weighted by atomic mass is 19.1. The molecule has 2 aromatic rings. The molecule has 3 rings (SSSR count). The van der Waals surface area contributed by atoms with Gasteiger partial charge in [-0.05, 0) is 54.7 Å². The van der Waals surface area contributed by atoms with Gasteiger partial charge >= 0.3 is 0 Å². The van der Waals surface area contributed by atoms with Crippen molar-refractivity contribution in [3.8, 4) is 5.75 Å². The summed E-state index contributed by atoms with van der Waals surface area (Å²) in [7, 11) is 1.64. The molecule has 1 unspecified atom stereocenters. The van der Waals surface area contributed by atoms with E-state index in [-0.39, 0.29) is 23.7 Å². The van der Waals surface area contributed by atoms with E-state index in [9.17, 15) is 9.18 Å². The Labute approximate surface area is 142 Å². The zero-order chi connectivity index (χ0) is 17.1. The van der Waals surface area contributed by atoms with Crippen LogP contribution in [-0.4, -0.2) is 24.5 Å². The summed E-state index contributed by atoms with van der Waals surface area (Å²) in [6, 6.07) is 14.4. The number of benzene rings is 2. The van der Waals surface area contributed by atoms with Crippen LogP contribution in [-0.2, 0) is 4.79 Å². The summed E-state index contributed by atoms with van der Waals surface area (Å²) in [5.74, 6) is 0.902. The SMILES string of the molecule is COc1ccc([C@H](C)N2CCC(c3ccc(F)cc3)CC2=O)cc1. The quantitative estimate of drug-likeness (QED) is 0.838. The lowest BCUT2D eigenvalue weighted by atomic mass is 9.88. The lowest BCUT2D eigenvalue weighted by molar-refractivity contribution is -0.136. The Bertz CT molecular complexity index is 697. The summed E-state index contributed by atoms with van der Waals surface area (Å²) < 4.78 is 18.2. The van der Waals surface area contributed by atoms with Crippen LogP contribution in [0.15, 0.2) is 48.5 Å². The average molecular weight is 327 g/mol. The molecule has 0 radical (unpaired) electrons. The summed E-state index contributed by atoms with van der Waals surface area (Å²) in [6.07, 6.45) is 1.38. The van der Waals surface area contributed by atoms with E-state index < -0.39 is 0 Å². The van der Waals surface area contributed by atoms with E-state index in [1.54, 1.807) is 19.2 Å². The van der Waals surface area contributed by atoms with Gasteiger partial charge in [-0.15, -0.1) is 0 Å². The van der Waals surface area contributed by atoms with E-state index >= 15 is 0 Å². The molecule has 1 aliphatic heterocycles. The number of amides is 1. The largest absolute Gasteiger partial charge is 0.497 e. The van der Waals surface area contributed by atoms with Crippen molar-refractivity contribution in [2.75, 3.05) is 13.7 Å². The third-order valence-electron chi connectivity index (χ3n) is 4.87. The molecule has 1 saturated heterocycles. The number of piperidine rings is 1. The summed E-state index contributed by atoms with van der Waals surface area (Å²) in [6.45, 7) is 2.77. The summed E-state index contributed by atoms with van der Waals surface area (Å²) >= 11 is 0. The van der Waals surface area contributed by atoms with Gasteiger partial charge in [0.15, 0.2) is 0 Å². The van der Waals surface area contributed by atoms with Gasteiger partial charge in [-0.25, -0.2) is 4.39 Å². The van der Waals surface area contributed by atoms with E-state index in [4.69, 9.17) is 4.74 Å². The van der Waals surface area contributed by atoms with Gasteiger partial charge in [-0.1, -0.05) is 24.3 Å². The number of methoxy groups -OCH3 is 1. The van der Waals surface area contributed by atoms with E-state index in [1.807, 2.05) is 29.2 Å². The molecule has 24 heavy (non-hydrogen) atoms. The van der Waals surface area contributed by atoms with Crippen molar-refractivity contribution in [2.45, 2.75) is 31.7 Å². The number of carbonyl (C=O) groups is 1. The molecule has 2 aromatic carbocycles. The number of rotatable bonds is 4. The number of ether oxygens (including phenoxy) is 1. The van der Waals surface area contributed by atoms with Crippen molar-refractivity contribution in [1.29, 1.82) is 0 Å². The molecule has 126 valence electrons. The molecular weight excluding hydrogens is 305 g/mol. The van der Waals surface area contributed by atoms with Crippen LogP contribution < -0.4 is 4.74 Å². The number of halogens is 1. The zero-order valence-corrected chi connectivity index (χ0v) is 14.0. The maximum atomic E-state index is 13.1. The van der Waals surface area contributed by atoms with Gasteiger partial charge in [0.2, 0.25) is 5.91 Å². The minimum Gasteiger partial charge on any atom is -0.497 e.